The predicted molar refractivity (Wildman–Crippen MR) is 61.5 cm³/mol. The summed E-state index contributed by atoms with van der Waals surface area (Å²) in [6.07, 6.45) is 3.89. The Morgan fingerprint density at radius 1 is 1.60 bits per heavy atom. The van der Waals surface area contributed by atoms with E-state index in [1.165, 1.54) is 25.8 Å². The number of rotatable bonds is 5. The minimum Gasteiger partial charge on any atom is -0.369 e. The molecule has 1 aliphatic heterocycles. The summed E-state index contributed by atoms with van der Waals surface area (Å²) in [4.78, 5) is 13.2. The van der Waals surface area contributed by atoms with Crippen LogP contribution in [-0.2, 0) is 4.79 Å². The molecule has 1 saturated heterocycles. The molecule has 2 unspecified atom stereocenters. The van der Waals surface area contributed by atoms with Crippen molar-refractivity contribution in [2.45, 2.75) is 32.2 Å². The van der Waals surface area contributed by atoms with Gasteiger partial charge in [0.2, 0.25) is 5.91 Å². The molecule has 1 heterocycles. The number of nitrogens with two attached hydrogens (primary N) is 1. The van der Waals surface area contributed by atoms with Gasteiger partial charge in [-0.15, -0.1) is 0 Å². The maximum atomic E-state index is 10.8. The lowest BCUT2D eigenvalue weighted by molar-refractivity contribution is -0.121. The third kappa shape index (κ3) is 4.18. The van der Waals surface area contributed by atoms with Gasteiger partial charge in [0, 0.05) is 25.0 Å². The van der Waals surface area contributed by atoms with Gasteiger partial charge in [-0.05, 0) is 26.4 Å². The standard InChI is InChI=1S/C11H23N3O/c1-9(11(12)15)7-13-8-10-5-3-4-6-14(10)2/h9-10,13H,3-8H2,1-2H3,(H2,12,15). The van der Waals surface area contributed by atoms with E-state index in [9.17, 15) is 4.79 Å². The first-order valence-corrected chi connectivity index (χ1v) is 5.81. The third-order valence-corrected chi connectivity index (χ3v) is 3.24. The Balaban J connectivity index is 2.16. The zero-order valence-electron chi connectivity index (χ0n) is 9.83. The number of nitrogens with one attached hydrogen (secondary N) is 1. The first-order chi connectivity index (χ1) is 7.11. The van der Waals surface area contributed by atoms with Crippen LogP contribution in [0.25, 0.3) is 0 Å². The molecule has 4 nitrogen and oxygen atoms in total. The minimum atomic E-state index is -0.223. The highest BCUT2D eigenvalue weighted by molar-refractivity contribution is 5.76. The Kier molecular flexibility index (Phi) is 5.05. The summed E-state index contributed by atoms with van der Waals surface area (Å²) in [6, 6.07) is 0.624. The van der Waals surface area contributed by atoms with Crippen LogP contribution in [0.15, 0.2) is 0 Å². The van der Waals surface area contributed by atoms with E-state index in [1.54, 1.807) is 0 Å². The lowest BCUT2D eigenvalue weighted by Gasteiger charge is -2.32. The quantitative estimate of drug-likeness (QED) is 0.685. The van der Waals surface area contributed by atoms with E-state index in [2.05, 4.69) is 17.3 Å². The molecule has 88 valence electrons. The van der Waals surface area contributed by atoms with Crippen molar-refractivity contribution in [1.82, 2.24) is 10.2 Å². The van der Waals surface area contributed by atoms with Crippen LogP contribution in [0, 0.1) is 5.92 Å². The first-order valence-electron chi connectivity index (χ1n) is 5.81. The van der Waals surface area contributed by atoms with Crippen LogP contribution < -0.4 is 11.1 Å². The van der Waals surface area contributed by atoms with Gasteiger partial charge in [0.15, 0.2) is 0 Å². The van der Waals surface area contributed by atoms with E-state index in [1.807, 2.05) is 6.92 Å². The molecule has 0 aromatic heterocycles. The highest BCUT2D eigenvalue weighted by Crippen LogP contribution is 2.13. The molecule has 0 aromatic carbocycles. The van der Waals surface area contributed by atoms with Crippen molar-refractivity contribution in [3.63, 3.8) is 0 Å². The summed E-state index contributed by atoms with van der Waals surface area (Å²) in [5.41, 5.74) is 5.19. The second-order valence-electron chi connectivity index (χ2n) is 4.59. The van der Waals surface area contributed by atoms with Gasteiger partial charge in [-0.3, -0.25) is 4.79 Å². The summed E-state index contributed by atoms with van der Waals surface area (Å²) >= 11 is 0. The highest BCUT2D eigenvalue weighted by Gasteiger charge is 2.18. The molecule has 0 aliphatic carbocycles. The number of likely N-dealkylation sites (tertiary alicyclic amines) is 1. The second-order valence-corrected chi connectivity index (χ2v) is 4.59. The van der Waals surface area contributed by atoms with E-state index in [0.29, 0.717) is 12.6 Å². The van der Waals surface area contributed by atoms with Crippen molar-refractivity contribution < 1.29 is 4.79 Å². The van der Waals surface area contributed by atoms with E-state index in [4.69, 9.17) is 5.73 Å². The van der Waals surface area contributed by atoms with Crippen molar-refractivity contribution in [2.75, 3.05) is 26.7 Å². The van der Waals surface area contributed by atoms with Crippen LogP contribution in [0.5, 0.6) is 0 Å². The molecule has 1 rings (SSSR count). The molecule has 0 radical (unpaired) electrons. The van der Waals surface area contributed by atoms with Gasteiger partial charge in [0.1, 0.15) is 0 Å². The zero-order valence-corrected chi connectivity index (χ0v) is 9.83. The highest BCUT2D eigenvalue weighted by atomic mass is 16.1. The fourth-order valence-corrected chi connectivity index (χ4v) is 1.97. The fourth-order valence-electron chi connectivity index (χ4n) is 1.97. The Morgan fingerprint density at radius 3 is 2.93 bits per heavy atom. The molecule has 0 saturated carbocycles. The molecule has 2 atom stereocenters. The smallest absolute Gasteiger partial charge is 0.221 e. The monoisotopic (exact) mass is 213 g/mol. The number of likely N-dealkylation sites (N-methyl/N-ethyl adjacent to an activating group) is 1. The van der Waals surface area contributed by atoms with Crippen LogP contribution in [-0.4, -0.2) is 43.5 Å². The summed E-state index contributed by atoms with van der Waals surface area (Å²) in [5.74, 6) is -0.293. The van der Waals surface area contributed by atoms with Crippen molar-refractivity contribution >= 4 is 5.91 Å². The van der Waals surface area contributed by atoms with Gasteiger partial charge >= 0.3 is 0 Å². The van der Waals surface area contributed by atoms with E-state index < -0.39 is 0 Å². The molecule has 3 N–H and O–H groups in total. The second kappa shape index (κ2) is 6.08. The molecule has 0 spiro atoms. The van der Waals surface area contributed by atoms with Gasteiger partial charge in [0.05, 0.1) is 0 Å². The largest absolute Gasteiger partial charge is 0.369 e. The maximum Gasteiger partial charge on any atom is 0.221 e. The summed E-state index contributed by atoms with van der Waals surface area (Å²) in [6.45, 7) is 4.71. The number of carbonyl (C=O) groups excluding carboxylic acids is 1. The zero-order chi connectivity index (χ0) is 11.3. The maximum absolute atomic E-state index is 10.8. The number of amides is 1. The Hall–Kier alpha value is -0.610. The van der Waals surface area contributed by atoms with E-state index >= 15 is 0 Å². The van der Waals surface area contributed by atoms with Crippen molar-refractivity contribution in [3.8, 4) is 0 Å². The van der Waals surface area contributed by atoms with Crippen LogP contribution in [0.1, 0.15) is 26.2 Å². The average Bonchev–Trinajstić information content (AvgIpc) is 2.20. The Bertz CT molecular complexity index is 208. The van der Waals surface area contributed by atoms with Crippen LogP contribution in [0.3, 0.4) is 0 Å². The van der Waals surface area contributed by atoms with Crippen molar-refractivity contribution in [2.24, 2.45) is 11.7 Å². The van der Waals surface area contributed by atoms with Gasteiger partial charge < -0.3 is 16.0 Å². The first kappa shape index (κ1) is 12.5. The van der Waals surface area contributed by atoms with Crippen LogP contribution >= 0.6 is 0 Å². The molecule has 1 aliphatic rings. The number of hydrogen-bond acceptors (Lipinski definition) is 3. The van der Waals surface area contributed by atoms with Crippen LogP contribution in [0.4, 0.5) is 0 Å². The summed E-state index contributed by atoms with van der Waals surface area (Å²) in [5, 5.41) is 3.32. The lowest BCUT2D eigenvalue weighted by Crippen LogP contribution is -2.44. The Labute approximate surface area is 92.2 Å². The van der Waals surface area contributed by atoms with Gasteiger partial charge in [-0.25, -0.2) is 0 Å². The van der Waals surface area contributed by atoms with E-state index in [0.717, 1.165) is 6.54 Å². The van der Waals surface area contributed by atoms with Crippen molar-refractivity contribution in [3.05, 3.63) is 0 Å². The molecule has 4 heteroatoms. The normalized spacial score (nSPS) is 25.1. The SMILES string of the molecule is CC(CNCC1CCCCN1C)C(N)=O. The number of hydrogen-bond donors (Lipinski definition) is 2. The molecule has 0 aromatic rings. The number of piperidine rings is 1. The number of primary amides is 1. The molecular weight excluding hydrogens is 190 g/mol. The number of nitrogens with zero attached hydrogens (tertiary/aromatic N) is 1. The molecule has 1 fully saturated rings. The lowest BCUT2D eigenvalue weighted by atomic mass is 10.0. The van der Waals surface area contributed by atoms with Crippen LogP contribution in [0.2, 0.25) is 0 Å². The van der Waals surface area contributed by atoms with Crippen molar-refractivity contribution in [1.29, 1.82) is 0 Å². The number of carbonyl (C=O) groups is 1. The molecule has 15 heavy (non-hydrogen) atoms. The average molecular weight is 213 g/mol. The predicted octanol–water partition coefficient (Wildman–Crippen LogP) is 0.182. The van der Waals surface area contributed by atoms with Gasteiger partial charge in [-0.1, -0.05) is 13.3 Å². The van der Waals surface area contributed by atoms with Gasteiger partial charge in [0.25, 0.3) is 0 Å². The molecular formula is C11H23N3O. The Morgan fingerprint density at radius 2 is 2.33 bits per heavy atom. The molecule has 1 amide bonds. The van der Waals surface area contributed by atoms with E-state index in [-0.39, 0.29) is 11.8 Å². The van der Waals surface area contributed by atoms with Gasteiger partial charge in [-0.2, -0.15) is 0 Å². The minimum absolute atomic E-state index is 0.0705. The summed E-state index contributed by atoms with van der Waals surface area (Å²) < 4.78 is 0. The summed E-state index contributed by atoms with van der Waals surface area (Å²) in [7, 11) is 2.17. The fraction of sp³-hybridized carbons (Fsp3) is 0.909. The topological polar surface area (TPSA) is 58.4 Å². The third-order valence-electron chi connectivity index (χ3n) is 3.24. The molecule has 0 bridgehead atoms.